The van der Waals surface area contributed by atoms with Crippen LogP contribution in [-0.4, -0.2) is 50.0 Å². The Morgan fingerprint density at radius 1 is 1.12 bits per heavy atom. The van der Waals surface area contributed by atoms with E-state index in [9.17, 15) is 13.2 Å². The number of hydrogen-bond donors (Lipinski definition) is 0. The number of alkyl halides is 3. The maximum absolute atomic E-state index is 12.8. The van der Waals surface area contributed by atoms with Gasteiger partial charge in [-0.05, 0) is 36.9 Å². The van der Waals surface area contributed by atoms with E-state index in [4.69, 9.17) is 0 Å². The highest BCUT2D eigenvalue weighted by atomic mass is 35.5. The molecular formula is C23H25ClF3N5S. The first-order chi connectivity index (χ1) is 15.4. The molecule has 3 heterocycles. The lowest BCUT2D eigenvalue weighted by Gasteiger charge is -2.21. The van der Waals surface area contributed by atoms with Gasteiger partial charge in [0.25, 0.3) is 0 Å². The van der Waals surface area contributed by atoms with Gasteiger partial charge in [-0.2, -0.15) is 13.2 Å². The second-order valence-corrected chi connectivity index (χ2v) is 9.72. The zero-order valence-electron chi connectivity index (χ0n) is 18.1. The van der Waals surface area contributed by atoms with Gasteiger partial charge in [0.2, 0.25) is 0 Å². The third-order valence-electron chi connectivity index (χ3n) is 6.56. The number of pyridine rings is 1. The van der Waals surface area contributed by atoms with Crippen LogP contribution in [-0.2, 0) is 18.6 Å². The summed E-state index contributed by atoms with van der Waals surface area (Å²) in [6.07, 6.45) is -0.886. The number of nitrogens with zero attached hydrogens (tertiary/aromatic N) is 5. The lowest BCUT2D eigenvalue weighted by atomic mass is 9.96. The molecule has 5 nitrogen and oxygen atoms in total. The summed E-state index contributed by atoms with van der Waals surface area (Å²) in [6.45, 7) is 2.88. The number of hydrogen-bond acceptors (Lipinski definition) is 5. The fourth-order valence-electron chi connectivity index (χ4n) is 4.79. The smallest absolute Gasteiger partial charge is 0.305 e. The molecule has 1 saturated heterocycles. The van der Waals surface area contributed by atoms with E-state index in [0.717, 1.165) is 66.4 Å². The largest absolute Gasteiger partial charge is 0.433 e. The van der Waals surface area contributed by atoms with Crippen molar-refractivity contribution < 1.29 is 13.2 Å². The van der Waals surface area contributed by atoms with Gasteiger partial charge < -0.3 is 9.47 Å². The lowest BCUT2D eigenvalue weighted by molar-refractivity contribution is -0.141. The number of rotatable bonds is 7. The quantitative estimate of drug-likeness (QED) is 0.338. The molecule has 0 N–H and O–H groups in total. The molecule has 0 spiro atoms. The number of piperidine rings is 1. The van der Waals surface area contributed by atoms with Gasteiger partial charge in [-0.1, -0.05) is 48.2 Å². The molecule has 2 atom stereocenters. The van der Waals surface area contributed by atoms with Crippen LogP contribution in [0.3, 0.4) is 0 Å². The molecule has 0 bridgehead atoms. The summed E-state index contributed by atoms with van der Waals surface area (Å²) < 4.78 is 40.4. The van der Waals surface area contributed by atoms with Crippen molar-refractivity contribution in [3.63, 3.8) is 0 Å². The fourth-order valence-corrected chi connectivity index (χ4v) is 5.63. The van der Waals surface area contributed by atoms with Gasteiger partial charge >= 0.3 is 6.18 Å². The van der Waals surface area contributed by atoms with Crippen molar-refractivity contribution in [3.8, 4) is 11.4 Å². The molecule has 2 aromatic heterocycles. The topological polar surface area (TPSA) is 46.8 Å². The van der Waals surface area contributed by atoms with Crippen molar-refractivity contribution in [2.24, 2.45) is 13.0 Å². The van der Waals surface area contributed by atoms with E-state index >= 15 is 0 Å². The summed E-state index contributed by atoms with van der Waals surface area (Å²) in [6, 6.07) is 12.8. The van der Waals surface area contributed by atoms with E-state index in [1.807, 2.05) is 41.9 Å². The van der Waals surface area contributed by atoms with Crippen molar-refractivity contribution in [3.05, 3.63) is 59.9 Å². The first-order valence-corrected chi connectivity index (χ1v) is 11.7. The minimum absolute atomic E-state index is 0. The van der Waals surface area contributed by atoms with Crippen LogP contribution in [0, 0.1) is 5.92 Å². The normalized spacial score (nSPS) is 22.1. The molecule has 2 fully saturated rings. The van der Waals surface area contributed by atoms with Crippen LogP contribution in [0.1, 0.15) is 24.1 Å². The second-order valence-electron chi connectivity index (χ2n) is 8.66. The van der Waals surface area contributed by atoms with Crippen molar-refractivity contribution >= 4 is 24.2 Å². The van der Waals surface area contributed by atoms with E-state index in [-0.39, 0.29) is 17.8 Å². The number of aromatic nitrogens is 4. The van der Waals surface area contributed by atoms with E-state index in [1.165, 1.54) is 6.20 Å². The second kappa shape index (κ2) is 9.27. The Hall–Kier alpha value is -2.10. The summed E-state index contributed by atoms with van der Waals surface area (Å²) in [5.74, 6) is 2.33. The van der Waals surface area contributed by atoms with E-state index < -0.39 is 11.9 Å². The third-order valence-corrected chi connectivity index (χ3v) is 7.67. The predicted octanol–water partition coefficient (Wildman–Crippen LogP) is 5.07. The molecule has 33 heavy (non-hydrogen) atoms. The zero-order chi connectivity index (χ0) is 22.3. The van der Waals surface area contributed by atoms with E-state index in [2.05, 4.69) is 20.1 Å². The van der Waals surface area contributed by atoms with Gasteiger partial charge in [-0.25, -0.2) is 0 Å². The van der Waals surface area contributed by atoms with Crippen LogP contribution < -0.4 is 0 Å². The van der Waals surface area contributed by atoms with Gasteiger partial charge in [0.05, 0.1) is 0 Å². The Balaban J connectivity index is 0.00000259. The zero-order valence-corrected chi connectivity index (χ0v) is 19.8. The van der Waals surface area contributed by atoms with Gasteiger partial charge in [0.1, 0.15) is 5.69 Å². The number of fused-ring (bicyclic) bond motifs is 1. The standard InChI is InChI=1S/C23H24F3N5S.ClH/c1-30-20(16-6-3-2-4-7-16)28-29-21(30)32-11-5-10-31-14-18-12-22(18,15-31)17-8-9-19(27-13-17)23(24,25)26;/h2-4,6-9,13,18H,5,10-12,14-15H2,1H3;1H/t18-,22?;/m1./s1. The number of likely N-dealkylation sites (tertiary alicyclic amines) is 1. The summed E-state index contributed by atoms with van der Waals surface area (Å²) in [5.41, 5.74) is 1.17. The summed E-state index contributed by atoms with van der Waals surface area (Å²) >= 11 is 1.70. The molecule has 5 rings (SSSR count). The highest BCUT2D eigenvalue weighted by molar-refractivity contribution is 7.99. The Bertz CT molecular complexity index is 1090. The Labute approximate surface area is 201 Å². The van der Waals surface area contributed by atoms with Crippen molar-refractivity contribution in [1.82, 2.24) is 24.6 Å². The summed E-state index contributed by atoms with van der Waals surface area (Å²) in [4.78, 5) is 6.10. The van der Waals surface area contributed by atoms with Crippen molar-refractivity contribution in [1.29, 1.82) is 0 Å². The monoisotopic (exact) mass is 495 g/mol. The molecule has 1 aliphatic carbocycles. The Kier molecular flexibility index (Phi) is 6.75. The summed E-state index contributed by atoms with van der Waals surface area (Å²) in [5, 5.41) is 9.56. The predicted molar refractivity (Wildman–Crippen MR) is 124 cm³/mol. The summed E-state index contributed by atoms with van der Waals surface area (Å²) in [7, 11) is 1.99. The average molecular weight is 496 g/mol. The molecule has 176 valence electrons. The van der Waals surface area contributed by atoms with Gasteiger partial charge in [0, 0.05) is 43.1 Å². The third kappa shape index (κ3) is 4.76. The molecular weight excluding hydrogens is 471 g/mol. The lowest BCUT2D eigenvalue weighted by Crippen LogP contribution is -2.28. The molecule has 0 radical (unpaired) electrons. The molecule has 1 aromatic carbocycles. The highest BCUT2D eigenvalue weighted by Crippen LogP contribution is 2.58. The fraction of sp³-hybridized carbons (Fsp3) is 0.435. The molecule has 0 amide bonds. The molecule has 10 heteroatoms. The van der Waals surface area contributed by atoms with Crippen LogP contribution in [0.25, 0.3) is 11.4 Å². The first-order valence-electron chi connectivity index (χ1n) is 10.7. The van der Waals surface area contributed by atoms with Crippen LogP contribution in [0.5, 0.6) is 0 Å². The van der Waals surface area contributed by atoms with Crippen LogP contribution in [0.2, 0.25) is 0 Å². The average Bonchev–Trinajstić information content (AvgIpc) is 3.16. The molecule has 3 aromatic rings. The SMILES string of the molecule is Cl.Cn1c(SCCCN2C[C@H]3CC3(c3ccc(C(F)(F)F)nc3)C2)nnc1-c1ccccc1. The van der Waals surface area contributed by atoms with Crippen LogP contribution in [0.15, 0.2) is 53.8 Å². The Morgan fingerprint density at radius 2 is 1.91 bits per heavy atom. The number of benzene rings is 1. The van der Waals surface area contributed by atoms with Gasteiger partial charge in [-0.15, -0.1) is 22.6 Å². The van der Waals surface area contributed by atoms with Crippen LogP contribution in [0.4, 0.5) is 13.2 Å². The minimum atomic E-state index is -4.39. The molecule has 1 saturated carbocycles. The molecule has 1 aliphatic heterocycles. The maximum Gasteiger partial charge on any atom is 0.433 e. The molecule has 2 aliphatic rings. The van der Waals surface area contributed by atoms with Crippen LogP contribution >= 0.6 is 24.2 Å². The van der Waals surface area contributed by atoms with E-state index in [0.29, 0.717) is 5.92 Å². The number of thioether (sulfide) groups is 1. The van der Waals surface area contributed by atoms with E-state index in [1.54, 1.807) is 17.8 Å². The van der Waals surface area contributed by atoms with Gasteiger partial charge in [0.15, 0.2) is 11.0 Å². The van der Waals surface area contributed by atoms with Crippen molar-refractivity contribution in [2.75, 3.05) is 25.4 Å². The minimum Gasteiger partial charge on any atom is -0.305 e. The maximum atomic E-state index is 12.8. The first kappa shape index (κ1) is 24.0. The van der Waals surface area contributed by atoms with Gasteiger partial charge in [-0.3, -0.25) is 4.98 Å². The molecule has 1 unspecified atom stereocenters. The number of halogens is 4. The highest BCUT2D eigenvalue weighted by Gasteiger charge is 2.60. The Morgan fingerprint density at radius 3 is 2.61 bits per heavy atom. The van der Waals surface area contributed by atoms with Crippen molar-refractivity contribution in [2.45, 2.75) is 29.6 Å².